The van der Waals surface area contributed by atoms with Crippen LogP contribution in [0.5, 0.6) is 0 Å². The zero-order chi connectivity index (χ0) is 14.3. The summed E-state index contributed by atoms with van der Waals surface area (Å²) >= 11 is 0. The summed E-state index contributed by atoms with van der Waals surface area (Å²) in [6.45, 7) is 3.20. The first-order valence-electron chi connectivity index (χ1n) is 5.98. The van der Waals surface area contributed by atoms with Crippen molar-refractivity contribution < 1.29 is 23.9 Å². The fourth-order valence-corrected chi connectivity index (χ4v) is 1.32. The number of benzene rings is 1. The van der Waals surface area contributed by atoms with Crippen molar-refractivity contribution in [2.75, 3.05) is 13.2 Å². The fraction of sp³-hybridized carbons (Fsp3) is 0.357. The summed E-state index contributed by atoms with van der Waals surface area (Å²) in [7, 11) is 0. The van der Waals surface area contributed by atoms with E-state index in [1.807, 2.05) is 0 Å². The number of hydrogen-bond acceptors (Lipinski definition) is 5. The molecule has 0 saturated carbocycles. The molecule has 0 amide bonds. The highest BCUT2D eigenvalue weighted by Gasteiger charge is 2.08. The second-order valence-corrected chi connectivity index (χ2v) is 3.84. The second-order valence-electron chi connectivity index (χ2n) is 3.84. The van der Waals surface area contributed by atoms with E-state index in [-0.39, 0.29) is 25.0 Å². The van der Waals surface area contributed by atoms with E-state index in [2.05, 4.69) is 0 Å². The maximum absolute atomic E-state index is 11.6. The van der Waals surface area contributed by atoms with Crippen molar-refractivity contribution in [3.8, 4) is 0 Å². The fourth-order valence-electron chi connectivity index (χ4n) is 1.32. The van der Waals surface area contributed by atoms with Gasteiger partial charge in [0, 0.05) is 12.0 Å². The number of rotatable bonds is 6. The molecule has 5 nitrogen and oxygen atoms in total. The Morgan fingerprint density at radius 2 is 1.47 bits per heavy atom. The van der Waals surface area contributed by atoms with Crippen LogP contribution in [0.4, 0.5) is 0 Å². The summed E-state index contributed by atoms with van der Waals surface area (Å²) in [5.41, 5.74) is 0.889. The molecule has 0 atom stereocenters. The average Bonchev–Trinajstić information content (AvgIpc) is 2.43. The minimum Gasteiger partial charge on any atom is -0.462 e. The molecule has 19 heavy (non-hydrogen) atoms. The topological polar surface area (TPSA) is 69.7 Å². The lowest BCUT2D eigenvalue weighted by atomic mass is 10.1. The average molecular weight is 264 g/mol. The molecule has 0 heterocycles. The van der Waals surface area contributed by atoms with E-state index in [0.717, 1.165) is 0 Å². The lowest BCUT2D eigenvalue weighted by Crippen LogP contribution is -2.13. The number of esters is 2. The van der Waals surface area contributed by atoms with Gasteiger partial charge in [0.25, 0.3) is 0 Å². The summed E-state index contributed by atoms with van der Waals surface area (Å²) in [5, 5.41) is 0. The predicted octanol–water partition coefficient (Wildman–Crippen LogP) is 2.00. The first-order chi connectivity index (χ1) is 9.04. The summed E-state index contributed by atoms with van der Waals surface area (Å²) in [4.78, 5) is 33.5. The van der Waals surface area contributed by atoms with Crippen LogP contribution >= 0.6 is 0 Å². The molecule has 1 aromatic rings. The van der Waals surface area contributed by atoms with E-state index in [0.29, 0.717) is 17.5 Å². The first-order valence-corrected chi connectivity index (χ1v) is 5.98. The molecular formula is C14H16O5. The molecule has 0 aliphatic carbocycles. The number of Topliss-reactive ketones (excluding diaryl/α,β-unsaturated/α-hetero) is 1. The van der Waals surface area contributed by atoms with E-state index in [4.69, 9.17) is 9.47 Å². The Hall–Kier alpha value is -2.17. The highest BCUT2D eigenvalue weighted by Crippen LogP contribution is 2.06. The van der Waals surface area contributed by atoms with Gasteiger partial charge in [-0.25, -0.2) is 4.79 Å². The van der Waals surface area contributed by atoms with Gasteiger partial charge in [-0.1, -0.05) is 19.1 Å². The minimum atomic E-state index is -0.511. The number of ether oxygens (including phenoxy) is 2. The third-order valence-electron chi connectivity index (χ3n) is 2.40. The normalized spacial score (nSPS) is 9.79. The molecule has 0 aliphatic heterocycles. The zero-order valence-corrected chi connectivity index (χ0v) is 11.0. The molecule has 0 aliphatic rings. The van der Waals surface area contributed by atoms with Gasteiger partial charge in [-0.05, 0) is 19.1 Å². The van der Waals surface area contributed by atoms with Crippen molar-refractivity contribution in [1.82, 2.24) is 0 Å². The van der Waals surface area contributed by atoms with Crippen LogP contribution in [0.2, 0.25) is 0 Å². The maximum Gasteiger partial charge on any atom is 0.338 e. The van der Waals surface area contributed by atoms with E-state index < -0.39 is 5.97 Å². The van der Waals surface area contributed by atoms with Crippen molar-refractivity contribution in [3.05, 3.63) is 35.4 Å². The molecule has 0 unspecified atom stereocenters. The highest BCUT2D eigenvalue weighted by atomic mass is 16.6. The Morgan fingerprint density at radius 1 is 0.947 bits per heavy atom. The SMILES string of the molecule is CCC(=O)OCCOC(=O)c1ccc(C(C)=O)cc1. The second kappa shape index (κ2) is 7.31. The Bertz CT molecular complexity index is 461. The summed E-state index contributed by atoms with van der Waals surface area (Å²) in [6.07, 6.45) is 0.292. The molecule has 1 rings (SSSR count). The van der Waals surface area contributed by atoms with Crippen LogP contribution in [-0.2, 0) is 14.3 Å². The van der Waals surface area contributed by atoms with Crippen molar-refractivity contribution >= 4 is 17.7 Å². The van der Waals surface area contributed by atoms with Gasteiger partial charge in [0.2, 0.25) is 0 Å². The van der Waals surface area contributed by atoms with Gasteiger partial charge in [-0.15, -0.1) is 0 Å². The van der Waals surface area contributed by atoms with Gasteiger partial charge in [-0.3, -0.25) is 9.59 Å². The van der Waals surface area contributed by atoms with Crippen LogP contribution in [-0.4, -0.2) is 30.9 Å². The third-order valence-corrected chi connectivity index (χ3v) is 2.40. The lowest BCUT2D eigenvalue weighted by Gasteiger charge is -2.06. The Balaban J connectivity index is 2.41. The zero-order valence-electron chi connectivity index (χ0n) is 11.0. The molecule has 0 fully saturated rings. The van der Waals surface area contributed by atoms with E-state index in [1.54, 1.807) is 19.1 Å². The standard InChI is InChI=1S/C14H16O5/c1-3-13(16)18-8-9-19-14(17)12-6-4-11(5-7-12)10(2)15/h4-7H,3,8-9H2,1-2H3. The first kappa shape index (κ1) is 14.9. The maximum atomic E-state index is 11.6. The van der Waals surface area contributed by atoms with Crippen LogP contribution in [0.1, 0.15) is 41.0 Å². The molecule has 1 aromatic carbocycles. The highest BCUT2D eigenvalue weighted by molar-refractivity contribution is 5.96. The molecule has 0 radical (unpaired) electrons. The molecule has 0 bridgehead atoms. The monoisotopic (exact) mass is 264 g/mol. The predicted molar refractivity (Wildman–Crippen MR) is 68.0 cm³/mol. The molecule has 0 aromatic heterocycles. The Kier molecular flexibility index (Phi) is 5.73. The largest absolute Gasteiger partial charge is 0.462 e. The van der Waals surface area contributed by atoms with Crippen LogP contribution in [0.3, 0.4) is 0 Å². The molecule has 0 N–H and O–H groups in total. The summed E-state index contributed by atoms with van der Waals surface area (Å²) < 4.78 is 9.69. The molecule has 102 valence electrons. The van der Waals surface area contributed by atoms with Crippen LogP contribution in [0.25, 0.3) is 0 Å². The number of hydrogen-bond donors (Lipinski definition) is 0. The number of ketones is 1. The lowest BCUT2D eigenvalue weighted by molar-refractivity contribution is -0.144. The quantitative estimate of drug-likeness (QED) is 0.446. The van der Waals surface area contributed by atoms with Crippen LogP contribution < -0.4 is 0 Å². The van der Waals surface area contributed by atoms with E-state index in [1.165, 1.54) is 19.1 Å². The number of carbonyl (C=O) groups excluding carboxylic acids is 3. The van der Waals surface area contributed by atoms with Crippen LogP contribution in [0, 0.1) is 0 Å². The van der Waals surface area contributed by atoms with Crippen molar-refractivity contribution in [2.24, 2.45) is 0 Å². The van der Waals surface area contributed by atoms with Gasteiger partial charge in [-0.2, -0.15) is 0 Å². The smallest absolute Gasteiger partial charge is 0.338 e. The summed E-state index contributed by atoms with van der Waals surface area (Å²) in [5.74, 6) is -0.907. The van der Waals surface area contributed by atoms with Gasteiger partial charge in [0.1, 0.15) is 13.2 Å². The van der Waals surface area contributed by atoms with Gasteiger partial charge in [0.15, 0.2) is 5.78 Å². The molecule has 0 spiro atoms. The Labute approximate surface area is 111 Å². The molecule has 5 heteroatoms. The van der Waals surface area contributed by atoms with Crippen LogP contribution in [0.15, 0.2) is 24.3 Å². The number of carbonyl (C=O) groups is 3. The molecular weight excluding hydrogens is 248 g/mol. The van der Waals surface area contributed by atoms with E-state index >= 15 is 0 Å². The third kappa shape index (κ3) is 4.91. The van der Waals surface area contributed by atoms with Gasteiger partial charge >= 0.3 is 11.9 Å². The van der Waals surface area contributed by atoms with Gasteiger partial charge in [0.05, 0.1) is 5.56 Å². The Morgan fingerprint density at radius 3 is 2.00 bits per heavy atom. The summed E-state index contributed by atoms with van der Waals surface area (Å²) in [6, 6.07) is 6.18. The van der Waals surface area contributed by atoms with Crippen molar-refractivity contribution in [1.29, 1.82) is 0 Å². The van der Waals surface area contributed by atoms with E-state index in [9.17, 15) is 14.4 Å². The van der Waals surface area contributed by atoms with Gasteiger partial charge < -0.3 is 9.47 Å². The minimum absolute atomic E-state index is 0.0129. The van der Waals surface area contributed by atoms with Crippen molar-refractivity contribution in [3.63, 3.8) is 0 Å². The molecule has 0 saturated heterocycles. The van der Waals surface area contributed by atoms with Crippen molar-refractivity contribution in [2.45, 2.75) is 20.3 Å².